The summed E-state index contributed by atoms with van der Waals surface area (Å²) in [4.78, 5) is 16.9. The number of piperidine rings is 1. The minimum atomic E-state index is -0.0199. The van der Waals surface area contributed by atoms with Crippen molar-refractivity contribution in [2.24, 2.45) is 5.92 Å². The molecule has 6 nitrogen and oxygen atoms in total. The average Bonchev–Trinajstić information content (AvgIpc) is 2.50. The average molecular weight is 312 g/mol. The molecule has 0 saturated carbocycles. The molecule has 0 aromatic carbocycles. The van der Waals surface area contributed by atoms with E-state index in [9.17, 15) is 4.79 Å². The molecule has 2 fully saturated rings. The molecule has 0 aromatic rings. The first-order valence-electron chi connectivity index (χ1n) is 8.61. The van der Waals surface area contributed by atoms with Crippen LogP contribution in [0.5, 0.6) is 0 Å². The van der Waals surface area contributed by atoms with E-state index in [0.29, 0.717) is 24.5 Å². The number of rotatable bonds is 5. The van der Waals surface area contributed by atoms with Crippen molar-refractivity contribution >= 4 is 6.03 Å². The molecule has 0 aromatic heterocycles. The summed E-state index contributed by atoms with van der Waals surface area (Å²) in [5.74, 6) is 0.515. The molecular formula is C16H32N4O2. The number of morpholine rings is 1. The molecular weight excluding hydrogens is 280 g/mol. The highest BCUT2D eigenvalue weighted by Gasteiger charge is 2.25. The maximum absolute atomic E-state index is 12.1. The number of amides is 2. The van der Waals surface area contributed by atoms with Crippen LogP contribution in [0.4, 0.5) is 4.79 Å². The van der Waals surface area contributed by atoms with Crippen LogP contribution < -0.4 is 10.6 Å². The molecule has 0 spiro atoms. The monoisotopic (exact) mass is 312 g/mol. The molecule has 1 unspecified atom stereocenters. The van der Waals surface area contributed by atoms with Crippen LogP contribution in [0.1, 0.15) is 26.7 Å². The summed E-state index contributed by atoms with van der Waals surface area (Å²) in [7, 11) is 2.13. The van der Waals surface area contributed by atoms with Gasteiger partial charge >= 0.3 is 6.03 Å². The Morgan fingerprint density at radius 2 is 1.82 bits per heavy atom. The van der Waals surface area contributed by atoms with E-state index < -0.39 is 0 Å². The van der Waals surface area contributed by atoms with Crippen LogP contribution in [0.2, 0.25) is 0 Å². The van der Waals surface area contributed by atoms with Gasteiger partial charge in [-0.25, -0.2) is 4.79 Å². The molecule has 2 aliphatic heterocycles. The molecule has 2 saturated heterocycles. The molecule has 2 aliphatic rings. The fourth-order valence-corrected chi connectivity index (χ4v) is 3.28. The van der Waals surface area contributed by atoms with E-state index >= 15 is 0 Å². The first-order valence-corrected chi connectivity index (χ1v) is 8.61. The lowest BCUT2D eigenvalue weighted by Gasteiger charge is -2.37. The lowest BCUT2D eigenvalue weighted by molar-refractivity contribution is 0.00717. The standard InChI is InChI=1S/C16H32N4O2/c1-13(2)15(20-8-10-22-11-9-20)12-17-16(21)18-14-4-6-19(3)7-5-14/h13-15H,4-12H2,1-3H3,(H2,17,18,21). The van der Waals surface area contributed by atoms with Crippen LogP contribution in [0.25, 0.3) is 0 Å². The van der Waals surface area contributed by atoms with E-state index in [1.807, 2.05) is 0 Å². The summed E-state index contributed by atoms with van der Waals surface area (Å²) >= 11 is 0. The topological polar surface area (TPSA) is 56.8 Å². The fourth-order valence-electron chi connectivity index (χ4n) is 3.28. The predicted molar refractivity (Wildman–Crippen MR) is 88.1 cm³/mol. The minimum absolute atomic E-state index is 0.0199. The van der Waals surface area contributed by atoms with Crippen LogP contribution in [0, 0.1) is 5.92 Å². The smallest absolute Gasteiger partial charge is 0.315 e. The van der Waals surface area contributed by atoms with Crippen LogP contribution in [0.15, 0.2) is 0 Å². The van der Waals surface area contributed by atoms with Crippen molar-refractivity contribution in [2.45, 2.75) is 38.8 Å². The molecule has 0 radical (unpaired) electrons. The normalized spacial score (nSPS) is 23.5. The van der Waals surface area contributed by atoms with E-state index in [0.717, 1.165) is 52.2 Å². The summed E-state index contributed by atoms with van der Waals surface area (Å²) in [5.41, 5.74) is 0. The van der Waals surface area contributed by atoms with E-state index in [-0.39, 0.29) is 6.03 Å². The Balaban J connectivity index is 1.72. The van der Waals surface area contributed by atoms with E-state index in [2.05, 4.69) is 41.3 Å². The molecule has 1 atom stereocenters. The van der Waals surface area contributed by atoms with Gasteiger partial charge in [0.2, 0.25) is 0 Å². The Morgan fingerprint density at radius 3 is 2.41 bits per heavy atom. The Labute approximate surface area is 134 Å². The molecule has 2 heterocycles. The first-order chi connectivity index (χ1) is 10.6. The Kier molecular flexibility index (Phi) is 6.92. The molecule has 0 aliphatic carbocycles. The van der Waals surface area contributed by atoms with Crippen molar-refractivity contribution in [3.63, 3.8) is 0 Å². The van der Waals surface area contributed by atoms with Crippen molar-refractivity contribution in [1.82, 2.24) is 20.4 Å². The number of hydrogen-bond acceptors (Lipinski definition) is 4. The first kappa shape index (κ1) is 17.5. The lowest BCUT2D eigenvalue weighted by atomic mass is 10.0. The largest absolute Gasteiger partial charge is 0.379 e. The van der Waals surface area contributed by atoms with Gasteiger partial charge in [-0.05, 0) is 38.9 Å². The number of carbonyl (C=O) groups is 1. The minimum Gasteiger partial charge on any atom is -0.379 e. The van der Waals surface area contributed by atoms with Gasteiger partial charge in [0, 0.05) is 31.7 Å². The Hall–Kier alpha value is -0.850. The van der Waals surface area contributed by atoms with Gasteiger partial charge in [-0.3, -0.25) is 4.90 Å². The second-order valence-corrected chi connectivity index (χ2v) is 6.89. The van der Waals surface area contributed by atoms with Crippen LogP contribution in [-0.2, 0) is 4.74 Å². The van der Waals surface area contributed by atoms with Crippen molar-refractivity contribution in [1.29, 1.82) is 0 Å². The number of ether oxygens (including phenoxy) is 1. The highest BCUT2D eigenvalue weighted by molar-refractivity contribution is 5.74. The van der Waals surface area contributed by atoms with Gasteiger partial charge in [0.1, 0.15) is 0 Å². The molecule has 22 heavy (non-hydrogen) atoms. The number of nitrogens with zero attached hydrogens (tertiary/aromatic N) is 2. The molecule has 2 rings (SSSR count). The molecule has 128 valence electrons. The van der Waals surface area contributed by atoms with E-state index in [4.69, 9.17) is 4.74 Å². The van der Waals surface area contributed by atoms with Crippen molar-refractivity contribution < 1.29 is 9.53 Å². The van der Waals surface area contributed by atoms with Gasteiger partial charge < -0.3 is 20.3 Å². The molecule has 2 amide bonds. The highest BCUT2D eigenvalue weighted by atomic mass is 16.5. The SMILES string of the molecule is CC(C)C(CNC(=O)NC1CCN(C)CC1)N1CCOCC1. The summed E-state index contributed by atoms with van der Waals surface area (Å²) in [6, 6.07) is 0.678. The van der Waals surface area contributed by atoms with Gasteiger partial charge in [-0.15, -0.1) is 0 Å². The van der Waals surface area contributed by atoms with Gasteiger partial charge in [0.05, 0.1) is 13.2 Å². The Morgan fingerprint density at radius 1 is 1.18 bits per heavy atom. The summed E-state index contributed by atoms with van der Waals surface area (Å²) < 4.78 is 5.42. The van der Waals surface area contributed by atoms with Gasteiger partial charge in [0.25, 0.3) is 0 Å². The second-order valence-electron chi connectivity index (χ2n) is 6.89. The van der Waals surface area contributed by atoms with Crippen molar-refractivity contribution in [3.05, 3.63) is 0 Å². The summed E-state index contributed by atoms with van der Waals surface area (Å²) in [5, 5.41) is 6.19. The van der Waals surface area contributed by atoms with Crippen molar-refractivity contribution in [3.8, 4) is 0 Å². The van der Waals surface area contributed by atoms with Gasteiger partial charge in [-0.1, -0.05) is 13.8 Å². The van der Waals surface area contributed by atoms with Gasteiger partial charge in [0.15, 0.2) is 0 Å². The zero-order valence-corrected chi connectivity index (χ0v) is 14.3. The van der Waals surface area contributed by atoms with E-state index in [1.54, 1.807) is 0 Å². The summed E-state index contributed by atoms with van der Waals surface area (Å²) in [6.07, 6.45) is 2.09. The third-order valence-corrected chi connectivity index (χ3v) is 4.81. The van der Waals surface area contributed by atoms with E-state index in [1.165, 1.54) is 0 Å². The fraction of sp³-hybridized carbons (Fsp3) is 0.938. The quantitative estimate of drug-likeness (QED) is 0.786. The zero-order chi connectivity index (χ0) is 15.9. The third-order valence-electron chi connectivity index (χ3n) is 4.81. The Bertz CT molecular complexity index is 337. The molecule has 0 bridgehead atoms. The van der Waals surface area contributed by atoms with Crippen molar-refractivity contribution in [2.75, 3.05) is 53.0 Å². The van der Waals surface area contributed by atoms with Crippen LogP contribution in [-0.4, -0.2) is 80.9 Å². The molecule has 2 N–H and O–H groups in total. The highest BCUT2D eigenvalue weighted by Crippen LogP contribution is 2.12. The van der Waals surface area contributed by atoms with Gasteiger partial charge in [-0.2, -0.15) is 0 Å². The maximum Gasteiger partial charge on any atom is 0.315 e. The second kappa shape index (κ2) is 8.70. The number of hydrogen-bond donors (Lipinski definition) is 2. The lowest BCUT2D eigenvalue weighted by Crippen LogP contribution is -2.53. The number of urea groups is 1. The number of nitrogens with one attached hydrogen (secondary N) is 2. The van der Waals surface area contributed by atoms with Crippen LogP contribution in [0.3, 0.4) is 0 Å². The number of carbonyl (C=O) groups excluding carboxylic acids is 1. The van der Waals surface area contributed by atoms with Crippen LogP contribution >= 0.6 is 0 Å². The molecule has 6 heteroatoms. The zero-order valence-electron chi connectivity index (χ0n) is 14.3. The third kappa shape index (κ3) is 5.41. The summed E-state index contributed by atoms with van der Waals surface area (Å²) in [6.45, 7) is 10.8. The maximum atomic E-state index is 12.1. The predicted octanol–water partition coefficient (Wildman–Crippen LogP) is 0.737. The number of likely N-dealkylation sites (tertiary alicyclic amines) is 1.